The molecule has 1 aromatic heterocycles. The van der Waals surface area contributed by atoms with Gasteiger partial charge >= 0.3 is 100 Å². The summed E-state index contributed by atoms with van der Waals surface area (Å²) in [6.45, 7) is -1.46. The Morgan fingerprint density at radius 2 is 1.73 bits per heavy atom. The molecule has 1 fully saturated rings. The van der Waals surface area contributed by atoms with Crippen LogP contribution in [0, 0.1) is 0 Å². The minimum Gasteiger partial charge on any atom is -0.756 e. The van der Waals surface area contributed by atoms with Gasteiger partial charge < -0.3 is 39.7 Å². The van der Waals surface area contributed by atoms with E-state index in [0.717, 1.165) is 12.3 Å². The van der Waals surface area contributed by atoms with Crippen LogP contribution in [0.4, 0.5) is 14.6 Å². The summed E-state index contributed by atoms with van der Waals surface area (Å²) in [4.78, 5) is 56.0. The third-order valence-corrected chi connectivity index (χ3v) is 6.97. The molecule has 172 valence electrons. The number of ether oxygens (including phenoxy) is 1. The van der Waals surface area contributed by atoms with Crippen LogP contribution in [0.2, 0.25) is 0 Å². The third-order valence-electron chi connectivity index (χ3n) is 3.28. The zero-order valence-corrected chi connectivity index (χ0v) is 25.7. The standard InChI is InChI=1S/C9H14F2N3O13P3.3Na/c10-9(11)6(15)4(25-7(9)14-2-1-5(12)13-8(14)16)3-24-29(20,21)27-30(22,23)26-28(17,18)19;;;/h1-2,4,6-7,15H,3H2,(H,20,21)(H,22,23)(H2,12,13,16)(H2,17,18,19);;;/q;3*+1/p-3/t4-,6-,7-;;;/m1.../s1. The molecule has 6 atom stereocenters. The molecule has 16 nitrogen and oxygen atoms in total. The zero-order chi connectivity index (χ0) is 23.1. The Kier molecular flexibility index (Phi) is 15.3. The van der Waals surface area contributed by atoms with Crippen LogP contribution in [0.15, 0.2) is 17.1 Å². The van der Waals surface area contributed by atoms with Crippen molar-refractivity contribution in [2.75, 3.05) is 12.3 Å². The third kappa shape index (κ3) is 10.6. The molecule has 0 aromatic carbocycles. The van der Waals surface area contributed by atoms with Crippen molar-refractivity contribution in [1.29, 1.82) is 0 Å². The fourth-order valence-electron chi connectivity index (χ4n) is 2.16. The van der Waals surface area contributed by atoms with Crippen LogP contribution < -0.4 is 115 Å². The minimum atomic E-state index is -6.20. The maximum Gasteiger partial charge on any atom is 1.00 e. The van der Waals surface area contributed by atoms with E-state index in [1.165, 1.54) is 0 Å². The molecule has 0 radical (unpaired) electrons. The fraction of sp³-hybridized carbons (Fsp3) is 0.556. The van der Waals surface area contributed by atoms with Crippen LogP contribution in [0.3, 0.4) is 0 Å². The summed E-state index contributed by atoms with van der Waals surface area (Å²) in [7, 11) is -18.2. The van der Waals surface area contributed by atoms with Gasteiger partial charge in [0.1, 0.15) is 11.9 Å². The van der Waals surface area contributed by atoms with Crippen LogP contribution >= 0.6 is 23.5 Å². The number of nitrogens with zero attached hydrogens (tertiary/aromatic N) is 2. The SMILES string of the molecule is Nc1ccn([C@@H]2O[C@H](COP(=O)([O-])OP(=O)([O-])OP(=O)([O-])O)[C@@H](O)C2(F)F)c(=O)n1.[Na+].[Na+].[Na+]. The topological polar surface area (TPSA) is 259 Å². The molecule has 0 aliphatic carbocycles. The van der Waals surface area contributed by atoms with Crippen LogP contribution in [0.1, 0.15) is 6.23 Å². The van der Waals surface area contributed by atoms with E-state index in [9.17, 15) is 47.1 Å². The molecule has 0 amide bonds. The fourth-order valence-corrected chi connectivity index (χ4v) is 5.06. The predicted molar refractivity (Wildman–Crippen MR) is 80.9 cm³/mol. The second-order valence-corrected chi connectivity index (χ2v) is 9.80. The van der Waals surface area contributed by atoms with Gasteiger partial charge in [0, 0.05) is 6.20 Å². The number of phosphoric ester groups is 1. The van der Waals surface area contributed by atoms with Crippen LogP contribution in [-0.2, 0) is 31.6 Å². The Labute approximate surface area is 249 Å². The molecule has 24 heteroatoms. The van der Waals surface area contributed by atoms with Gasteiger partial charge in [-0.1, -0.05) is 0 Å². The smallest absolute Gasteiger partial charge is 0.756 e. The first-order valence-corrected chi connectivity index (χ1v) is 11.6. The van der Waals surface area contributed by atoms with E-state index in [1.807, 2.05) is 0 Å². The van der Waals surface area contributed by atoms with Crippen molar-refractivity contribution < 1.29 is 154 Å². The Balaban J connectivity index is 0. The van der Waals surface area contributed by atoms with E-state index in [4.69, 9.17) is 15.4 Å². The normalized spacial score (nSPS) is 26.9. The summed E-state index contributed by atoms with van der Waals surface area (Å²) >= 11 is 0. The van der Waals surface area contributed by atoms with Gasteiger partial charge in [-0.25, -0.2) is 13.4 Å². The number of anilines is 1. The van der Waals surface area contributed by atoms with Crippen molar-refractivity contribution in [3.63, 3.8) is 0 Å². The molecular weight excluding hydrogens is 558 g/mol. The summed E-state index contributed by atoms with van der Waals surface area (Å²) in [6.07, 6.45) is -6.59. The molecule has 1 aliphatic rings. The molecule has 0 spiro atoms. The van der Waals surface area contributed by atoms with E-state index < -0.39 is 60.1 Å². The van der Waals surface area contributed by atoms with Crippen LogP contribution in [-0.4, -0.2) is 44.3 Å². The van der Waals surface area contributed by atoms with Gasteiger partial charge in [0.2, 0.25) is 6.23 Å². The number of alkyl halides is 2. The Morgan fingerprint density at radius 1 is 1.18 bits per heavy atom. The molecule has 33 heavy (non-hydrogen) atoms. The zero-order valence-electron chi connectivity index (χ0n) is 17.0. The minimum absolute atomic E-state index is 0. The predicted octanol–water partition coefficient (Wildman–Crippen LogP) is -11.8. The Bertz CT molecular complexity index is 1010. The van der Waals surface area contributed by atoms with Gasteiger partial charge in [-0.3, -0.25) is 18.3 Å². The molecule has 2 heterocycles. The number of hydrogen-bond acceptors (Lipinski definition) is 14. The second kappa shape index (κ2) is 13.6. The number of nitrogen functional groups attached to an aromatic ring is 1. The molecule has 1 saturated heterocycles. The molecule has 1 aromatic rings. The van der Waals surface area contributed by atoms with Gasteiger partial charge in [0.15, 0.2) is 6.10 Å². The van der Waals surface area contributed by atoms with E-state index >= 15 is 0 Å². The van der Waals surface area contributed by atoms with E-state index in [0.29, 0.717) is 0 Å². The first-order chi connectivity index (χ1) is 13.4. The number of nitrogens with two attached hydrogens (primary N) is 1. The summed E-state index contributed by atoms with van der Waals surface area (Å²) < 4.78 is 76.7. The van der Waals surface area contributed by atoms with Gasteiger partial charge in [0.25, 0.3) is 23.5 Å². The van der Waals surface area contributed by atoms with E-state index in [1.54, 1.807) is 0 Å². The van der Waals surface area contributed by atoms with Crippen LogP contribution in [0.5, 0.6) is 0 Å². The first kappa shape index (κ1) is 37.0. The number of aliphatic hydroxyl groups excluding tert-OH is 1. The summed E-state index contributed by atoms with van der Waals surface area (Å²) in [5.41, 5.74) is 3.93. The average Bonchev–Trinajstić information content (AvgIpc) is 2.73. The van der Waals surface area contributed by atoms with Crippen molar-refractivity contribution in [2.24, 2.45) is 0 Å². The van der Waals surface area contributed by atoms with Gasteiger partial charge in [-0.2, -0.15) is 13.8 Å². The Morgan fingerprint density at radius 3 is 2.21 bits per heavy atom. The number of aliphatic hydroxyl groups is 1. The van der Waals surface area contributed by atoms with E-state index in [2.05, 4.69) is 18.1 Å². The summed E-state index contributed by atoms with van der Waals surface area (Å²) in [6, 6.07) is 0.957. The number of hydrogen-bond donors (Lipinski definition) is 3. The Hall–Kier alpha value is 1.87. The monoisotopic (exact) mass is 569 g/mol. The van der Waals surface area contributed by atoms with Crippen molar-refractivity contribution >= 4 is 29.3 Å². The van der Waals surface area contributed by atoms with Crippen molar-refractivity contribution in [1.82, 2.24) is 9.55 Å². The van der Waals surface area contributed by atoms with Gasteiger partial charge in [-0.15, -0.1) is 0 Å². The van der Waals surface area contributed by atoms with Crippen molar-refractivity contribution in [3.05, 3.63) is 22.7 Å². The van der Waals surface area contributed by atoms with Crippen molar-refractivity contribution in [2.45, 2.75) is 24.4 Å². The first-order valence-electron chi connectivity index (χ1n) is 7.23. The molecule has 2 rings (SSSR count). The van der Waals surface area contributed by atoms with Gasteiger partial charge in [0.05, 0.1) is 6.61 Å². The number of rotatable bonds is 8. The number of halogens is 2. The molecule has 3 unspecified atom stereocenters. The largest absolute Gasteiger partial charge is 1.00 e. The quantitative estimate of drug-likeness (QED) is 0.194. The molecular formula is C9H11F2N3Na3O13P3. The number of aromatic nitrogens is 2. The molecule has 1 aliphatic heterocycles. The second-order valence-electron chi connectivity index (χ2n) is 5.51. The van der Waals surface area contributed by atoms with E-state index in [-0.39, 0.29) is 99.1 Å². The molecule has 0 bridgehead atoms. The van der Waals surface area contributed by atoms with Gasteiger partial charge in [-0.05, 0) is 6.07 Å². The average molecular weight is 569 g/mol. The summed E-state index contributed by atoms with van der Waals surface area (Å²) in [5, 5.41) is 9.68. The molecule has 4 N–H and O–H groups in total. The number of phosphoric acid groups is 3. The molecule has 0 saturated carbocycles. The van der Waals surface area contributed by atoms with Crippen molar-refractivity contribution in [3.8, 4) is 0 Å². The van der Waals surface area contributed by atoms with Crippen LogP contribution in [0.25, 0.3) is 0 Å². The maximum atomic E-state index is 14.3. The maximum absolute atomic E-state index is 14.3. The summed E-state index contributed by atoms with van der Waals surface area (Å²) in [5.74, 6) is -4.48.